The van der Waals surface area contributed by atoms with Crippen LogP contribution in [0.4, 0.5) is 0 Å². The maximum atomic E-state index is 11.9. The van der Waals surface area contributed by atoms with Gasteiger partial charge in [-0.25, -0.2) is 0 Å². The third kappa shape index (κ3) is 1.64. The Morgan fingerprint density at radius 2 is 1.62 bits per heavy atom. The SMILES string of the molecule is O=C(C1CCCC1)C1(O)CCCC1. The van der Waals surface area contributed by atoms with Crippen molar-refractivity contribution in [3.63, 3.8) is 0 Å². The summed E-state index contributed by atoms with van der Waals surface area (Å²) in [4.78, 5) is 11.9. The predicted molar refractivity (Wildman–Crippen MR) is 50.4 cm³/mol. The van der Waals surface area contributed by atoms with E-state index in [1.165, 1.54) is 12.8 Å². The molecule has 2 aliphatic rings. The van der Waals surface area contributed by atoms with Crippen molar-refractivity contribution in [2.45, 2.75) is 57.0 Å². The highest BCUT2D eigenvalue weighted by atomic mass is 16.3. The van der Waals surface area contributed by atoms with Crippen LogP contribution in [0.1, 0.15) is 51.4 Å². The maximum absolute atomic E-state index is 11.9. The molecule has 0 aromatic heterocycles. The van der Waals surface area contributed by atoms with Gasteiger partial charge in [0.2, 0.25) is 0 Å². The molecule has 2 fully saturated rings. The summed E-state index contributed by atoms with van der Waals surface area (Å²) in [5.74, 6) is 0.339. The lowest BCUT2D eigenvalue weighted by Crippen LogP contribution is -2.39. The molecule has 2 nitrogen and oxygen atoms in total. The second-order valence-electron chi connectivity index (χ2n) is 4.58. The molecule has 2 heteroatoms. The second-order valence-corrected chi connectivity index (χ2v) is 4.58. The van der Waals surface area contributed by atoms with Crippen molar-refractivity contribution in [1.82, 2.24) is 0 Å². The molecule has 0 saturated heterocycles. The topological polar surface area (TPSA) is 37.3 Å². The molecule has 2 rings (SSSR count). The highest BCUT2D eigenvalue weighted by Gasteiger charge is 2.42. The van der Waals surface area contributed by atoms with Gasteiger partial charge in [0.1, 0.15) is 5.60 Å². The van der Waals surface area contributed by atoms with E-state index in [0.29, 0.717) is 12.8 Å². The Morgan fingerprint density at radius 1 is 1.08 bits per heavy atom. The minimum Gasteiger partial charge on any atom is -0.382 e. The Kier molecular flexibility index (Phi) is 2.41. The third-order valence-electron chi connectivity index (χ3n) is 3.62. The Balaban J connectivity index is 2.02. The number of Topliss-reactive ketones (excluding diaryl/α,β-unsaturated/α-hetero) is 1. The minimum atomic E-state index is -0.922. The lowest BCUT2D eigenvalue weighted by atomic mass is 9.86. The summed E-state index contributed by atoms with van der Waals surface area (Å²) in [6.07, 6.45) is 7.84. The van der Waals surface area contributed by atoms with Gasteiger partial charge < -0.3 is 5.11 Å². The molecule has 0 radical (unpaired) electrons. The summed E-state index contributed by atoms with van der Waals surface area (Å²) in [5, 5.41) is 10.1. The van der Waals surface area contributed by atoms with E-state index in [-0.39, 0.29) is 11.7 Å². The van der Waals surface area contributed by atoms with Crippen LogP contribution in [0.15, 0.2) is 0 Å². The largest absolute Gasteiger partial charge is 0.382 e. The maximum Gasteiger partial charge on any atom is 0.167 e. The lowest BCUT2D eigenvalue weighted by Gasteiger charge is -2.23. The van der Waals surface area contributed by atoms with Crippen LogP contribution in [-0.2, 0) is 4.79 Å². The van der Waals surface area contributed by atoms with Crippen LogP contribution in [0.25, 0.3) is 0 Å². The fourth-order valence-electron chi connectivity index (χ4n) is 2.77. The third-order valence-corrected chi connectivity index (χ3v) is 3.62. The first-order chi connectivity index (χ1) is 6.22. The van der Waals surface area contributed by atoms with Crippen molar-refractivity contribution in [3.05, 3.63) is 0 Å². The van der Waals surface area contributed by atoms with Gasteiger partial charge >= 0.3 is 0 Å². The molecule has 0 aliphatic heterocycles. The molecular formula is C11H18O2. The van der Waals surface area contributed by atoms with Gasteiger partial charge in [0.05, 0.1) is 0 Å². The van der Waals surface area contributed by atoms with Crippen LogP contribution >= 0.6 is 0 Å². The average Bonchev–Trinajstić information content (AvgIpc) is 2.73. The smallest absolute Gasteiger partial charge is 0.167 e. The molecule has 2 saturated carbocycles. The van der Waals surface area contributed by atoms with Crippen molar-refractivity contribution < 1.29 is 9.90 Å². The van der Waals surface area contributed by atoms with Gasteiger partial charge in [0.25, 0.3) is 0 Å². The number of carbonyl (C=O) groups excluding carboxylic acids is 1. The fourth-order valence-corrected chi connectivity index (χ4v) is 2.77. The van der Waals surface area contributed by atoms with E-state index in [9.17, 15) is 9.90 Å². The van der Waals surface area contributed by atoms with Gasteiger partial charge in [-0.1, -0.05) is 12.8 Å². The Morgan fingerprint density at radius 3 is 2.15 bits per heavy atom. The summed E-state index contributed by atoms with van der Waals surface area (Å²) >= 11 is 0. The standard InChI is InChI=1S/C11H18O2/c12-10(9-5-1-2-6-9)11(13)7-3-4-8-11/h9,13H,1-8H2. The highest BCUT2D eigenvalue weighted by Crippen LogP contribution is 2.37. The Labute approximate surface area is 79.3 Å². The van der Waals surface area contributed by atoms with Crippen LogP contribution in [-0.4, -0.2) is 16.5 Å². The number of hydrogen-bond donors (Lipinski definition) is 1. The second kappa shape index (κ2) is 3.41. The molecule has 74 valence electrons. The number of carbonyl (C=O) groups is 1. The molecule has 13 heavy (non-hydrogen) atoms. The number of ketones is 1. The van der Waals surface area contributed by atoms with E-state index in [0.717, 1.165) is 25.7 Å². The minimum absolute atomic E-state index is 0.155. The van der Waals surface area contributed by atoms with Gasteiger partial charge in [0, 0.05) is 5.92 Å². The van der Waals surface area contributed by atoms with Gasteiger partial charge in [-0.05, 0) is 38.5 Å². The first-order valence-electron chi connectivity index (χ1n) is 5.49. The summed E-state index contributed by atoms with van der Waals surface area (Å²) in [7, 11) is 0. The molecule has 0 atom stereocenters. The van der Waals surface area contributed by atoms with E-state index in [2.05, 4.69) is 0 Å². The van der Waals surface area contributed by atoms with Crippen molar-refractivity contribution in [2.24, 2.45) is 5.92 Å². The first-order valence-corrected chi connectivity index (χ1v) is 5.49. The number of rotatable bonds is 2. The van der Waals surface area contributed by atoms with E-state index >= 15 is 0 Å². The van der Waals surface area contributed by atoms with Crippen LogP contribution in [0, 0.1) is 5.92 Å². The summed E-state index contributed by atoms with van der Waals surface area (Å²) in [6.45, 7) is 0. The Bertz CT molecular complexity index is 198. The van der Waals surface area contributed by atoms with Gasteiger partial charge in [-0.2, -0.15) is 0 Å². The van der Waals surface area contributed by atoms with Crippen molar-refractivity contribution in [3.8, 4) is 0 Å². The quantitative estimate of drug-likeness (QED) is 0.709. The van der Waals surface area contributed by atoms with Crippen LogP contribution < -0.4 is 0 Å². The molecule has 0 bridgehead atoms. The van der Waals surface area contributed by atoms with E-state index < -0.39 is 5.60 Å². The van der Waals surface area contributed by atoms with Crippen molar-refractivity contribution >= 4 is 5.78 Å². The zero-order valence-corrected chi connectivity index (χ0v) is 8.09. The molecule has 0 heterocycles. The average molecular weight is 182 g/mol. The van der Waals surface area contributed by atoms with Gasteiger partial charge in [0.15, 0.2) is 5.78 Å². The van der Waals surface area contributed by atoms with Gasteiger partial charge in [-0.15, -0.1) is 0 Å². The monoisotopic (exact) mass is 182 g/mol. The highest BCUT2D eigenvalue weighted by molar-refractivity contribution is 5.89. The van der Waals surface area contributed by atoms with Crippen LogP contribution in [0.5, 0.6) is 0 Å². The lowest BCUT2D eigenvalue weighted by molar-refractivity contribution is -0.140. The van der Waals surface area contributed by atoms with Crippen LogP contribution in [0.3, 0.4) is 0 Å². The van der Waals surface area contributed by atoms with Crippen molar-refractivity contribution in [2.75, 3.05) is 0 Å². The van der Waals surface area contributed by atoms with Gasteiger partial charge in [-0.3, -0.25) is 4.79 Å². The predicted octanol–water partition coefficient (Wildman–Crippen LogP) is 2.05. The van der Waals surface area contributed by atoms with E-state index in [1.54, 1.807) is 0 Å². The first kappa shape index (κ1) is 9.20. The molecular weight excluding hydrogens is 164 g/mol. The number of aliphatic hydroxyl groups is 1. The molecule has 0 unspecified atom stereocenters. The molecule has 0 aromatic carbocycles. The van der Waals surface area contributed by atoms with E-state index in [1.807, 2.05) is 0 Å². The summed E-state index contributed by atoms with van der Waals surface area (Å²) in [6, 6.07) is 0. The zero-order chi connectivity index (χ0) is 9.31. The molecule has 1 N–H and O–H groups in total. The molecule has 0 spiro atoms. The molecule has 0 aromatic rings. The summed E-state index contributed by atoms with van der Waals surface area (Å²) < 4.78 is 0. The summed E-state index contributed by atoms with van der Waals surface area (Å²) in [5.41, 5.74) is -0.922. The molecule has 2 aliphatic carbocycles. The van der Waals surface area contributed by atoms with Crippen molar-refractivity contribution in [1.29, 1.82) is 0 Å². The van der Waals surface area contributed by atoms with E-state index in [4.69, 9.17) is 0 Å². The Hall–Kier alpha value is -0.370. The molecule has 0 amide bonds. The number of hydrogen-bond acceptors (Lipinski definition) is 2. The van der Waals surface area contributed by atoms with Crippen LogP contribution in [0.2, 0.25) is 0 Å². The zero-order valence-electron chi connectivity index (χ0n) is 8.09. The normalized spacial score (nSPS) is 28.1. The fraction of sp³-hybridized carbons (Fsp3) is 0.909.